The third kappa shape index (κ3) is 2.64. The Morgan fingerprint density at radius 3 is 2.78 bits per heavy atom. The van der Waals surface area contributed by atoms with Crippen LogP contribution in [-0.2, 0) is 0 Å². The van der Waals surface area contributed by atoms with E-state index in [-0.39, 0.29) is 5.69 Å². The predicted molar refractivity (Wildman–Crippen MR) is 82.8 cm³/mol. The largest absolute Gasteiger partial charge is 0.494 e. The Labute approximate surface area is 132 Å². The third-order valence-corrected chi connectivity index (χ3v) is 3.37. The van der Waals surface area contributed by atoms with E-state index in [0.717, 1.165) is 5.56 Å². The second-order valence-corrected chi connectivity index (χ2v) is 4.92. The van der Waals surface area contributed by atoms with Crippen LogP contribution in [0.25, 0.3) is 16.9 Å². The SMILES string of the molecule is COc1ccc(C)cc1-n1nnc(C(=O)O)c1-c1cccnc1. The first kappa shape index (κ1) is 14.7. The Morgan fingerprint density at radius 2 is 2.13 bits per heavy atom. The zero-order chi connectivity index (χ0) is 16.4. The van der Waals surface area contributed by atoms with Crippen molar-refractivity contribution in [2.24, 2.45) is 0 Å². The van der Waals surface area contributed by atoms with Crippen LogP contribution in [-0.4, -0.2) is 38.2 Å². The van der Waals surface area contributed by atoms with Crippen LogP contribution < -0.4 is 4.74 Å². The minimum atomic E-state index is -1.15. The van der Waals surface area contributed by atoms with Gasteiger partial charge in [-0.25, -0.2) is 9.48 Å². The lowest BCUT2D eigenvalue weighted by Gasteiger charge is -2.12. The highest BCUT2D eigenvalue weighted by Gasteiger charge is 2.23. The number of aryl methyl sites for hydroxylation is 1. The second-order valence-electron chi connectivity index (χ2n) is 4.92. The first-order valence-electron chi connectivity index (χ1n) is 6.86. The zero-order valence-corrected chi connectivity index (χ0v) is 12.6. The molecule has 0 aliphatic heterocycles. The number of carbonyl (C=O) groups is 1. The molecule has 2 aromatic heterocycles. The van der Waals surface area contributed by atoms with Gasteiger partial charge >= 0.3 is 5.97 Å². The number of hydrogen-bond donors (Lipinski definition) is 1. The van der Waals surface area contributed by atoms with Crippen molar-refractivity contribution in [3.63, 3.8) is 0 Å². The second kappa shape index (κ2) is 5.88. The van der Waals surface area contributed by atoms with Gasteiger partial charge in [0.15, 0.2) is 5.69 Å². The van der Waals surface area contributed by atoms with E-state index in [9.17, 15) is 9.90 Å². The van der Waals surface area contributed by atoms with Gasteiger partial charge in [-0.05, 0) is 36.8 Å². The van der Waals surface area contributed by atoms with E-state index in [2.05, 4.69) is 15.3 Å². The van der Waals surface area contributed by atoms with Crippen molar-refractivity contribution in [2.45, 2.75) is 6.92 Å². The molecule has 23 heavy (non-hydrogen) atoms. The summed E-state index contributed by atoms with van der Waals surface area (Å²) >= 11 is 0. The number of ether oxygens (including phenoxy) is 1. The Balaban J connectivity index is 2.30. The van der Waals surface area contributed by atoms with Crippen LogP contribution in [0.1, 0.15) is 16.1 Å². The molecule has 1 N–H and O–H groups in total. The van der Waals surface area contributed by atoms with Crippen molar-refractivity contribution >= 4 is 5.97 Å². The van der Waals surface area contributed by atoms with Crippen molar-refractivity contribution in [1.82, 2.24) is 20.0 Å². The van der Waals surface area contributed by atoms with Gasteiger partial charge in [0.25, 0.3) is 0 Å². The average molecular weight is 310 g/mol. The number of benzene rings is 1. The Hall–Kier alpha value is -3.22. The molecule has 1 aromatic carbocycles. The lowest BCUT2D eigenvalue weighted by molar-refractivity contribution is 0.0691. The number of nitrogens with zero attached hydrogens (tertiary/aromatic N) is 4. The fourth-order valence-corrected chi connectivity index (χ4v) is 2.32. The summed E-state index contributed by atoms with van der Waals surface area (Å²) in [5, 5.41) is 17.2. The van der Waals surface area contributed by atoms with E-state index in [1.54, 1.807) is 37.7 Å². The smallest absolute Gasteiger partial charge is 0.358 e. The molecule has 0 fully saturated rings. The van der Waals surface area contributed by atoms with Crippen molar-refractivity contribution in [2.75, 3.05) is 7.11 Å². The van der Waals surface area contributed by atoms with Gasteiger partial charge in [0.1, 0.15) is 17.1 Å². The standard InChI is InChI=1S/C16H14N4O3/c1-10-5-6-13(23-2)12(8-10)20-15(11-4-3-7-17-9-11)14(16(21)22)18-19-20/h3-9H,1-2H3,(H,21,22). The minimum absolute atomic E-state index is 0.137. The fourth-order valence-electron chi connectivity index (χ4n) is 2.32. The molecular weight excluding hydrogens is 296 g/mol. The Morgan fingerprint density at radius 1 is 1.30 bits per heavy atom. The Bertz CT molecular complexity index is 859. The van der Waals surface area contributed by atoms with Crippen molar-refractivity contribution < 1.29 is 14.6 Å². The average Bonchev–Trinajstić information content (AvgIpc) is 3.00. The molecule has 0 amide bonds. The lowest BCUT2D eigenvalue weighted by Crippen LogP contribution is -2.05. The molecule has 0 aliphatic rings. The van der Waals surface area contributed by atoms with Crippen molar-refractivity contribution in [3.8, 4) is 22.7 Å². The van der Waals surface area contributed by atoms with Crippen LogP contribution in [0.5, 0.6) is 5.75 Å². The quantitative estimate of drug-likeness (QED) is 0.795. The van der Waals surface area contributed by atoms with Gasteiger partial charge in [-0.1, -0.05) is 11.3 Å². The fraction of sp³-hybridized carbons (Fsp3) is 0.125. The number of pyridine rings is 1. The number of carboxylic acids is 1. The van der Waals surface area contributed by atoms with Crippen molar-refractivity contribution in [3.05, 3.63) is 54.0 Å². The molecule has 0 spiro atoms. The van der Waals surface area contributed by atoms with E-state index in [1.165, 1.54) is 4.68 Å². The monoisotopic (exact) mass is 310 g/mol. The van der Waals surface area contributed by atoms with E-state index in [4.69, 9.17) is 4.74 Å². The van der Waals surface area contributed by atoms with E-state index < -0.39 is 5.97 Å². The summed E-state index contributed by atoms with van der Waals surface area (Å²) in [5.41, 5.74) is 2.44. The highest BCUT2D eigenvalue weighted by atomic mass is 16.5. The Kier molecular flexibility index (Phi) is 3.76. The molecule has 3 aromatic rings. The molecule has 0 saturated heterocycles. The number of aromatic nitrogens is 4. The number of carboxylic acid groups (broad SMARTS) is 1. The predicted octanol–water partition coefficient (Wildman–Crippen LogP) is 2.34. The minimum Gasteiger partial charge on any atom is -0.494 e. The van der Waals surface area contributed by atoms with Gasteiger partial charge in [0, 0.05) is 18.0 Å². The van der Waals surface area contributed by atoms with Crippen LogP contribution in [0.4, 0.5) is 0 Å². The molecular formula is C16H14N4O3. The van der Waals surface area contributed by atoms with Gasteiger partial charge in [0.2, 0.25) is 0 Å². The molecule has 2 heterocycles. The number of aromatic carboxylic acids is 1. The molecule has 0 saturated carbocycles. The maximum Gasteiger partial charge on any atom is 0.358 e. The summed E-state index contributed by atoms with van der Waals surface area (Å²) in [7, 11) is 1.55. The van der Waals surface area contributed by atoms with E-state index >= 15 is 0 Å². The molecule has 3 rings (SSSR count). The van der Waals surface area contributed by atoms with Gasteiger partial charge in [-0.3, -0.25) is 4.98 Å². The van der Waals surface area contributed by atoms with Crippen molar-refractivity contribution in [1.29, 1.82) is 0 Å². The maximum atomic E-state index is 11.5. The molecule has 0 unspecified atom stereocenters. The van der Waals surface area contributed by atoms with Gasteiger partial charge in [-0.2, -0.15) is 0 Å². The molecule has 0 bridgehead atoms. The van der Waals surface area contributed by atoms with E-state index in [0.29, 0.717) is 22.7 Å². The molecule has 0 aliphatic carbocycles. The topological polar surface area (TPSA) is 90.1 Å². The van der Waals surface area contributed by atoms with Crippen LogP contribution >= 0.6 is 0 Å². The maximum absolute atomic E-state index is 11.5. The third-order valence-electron chi connectivity index (χ3n) is 3.37. The molecule has 7 heteroatoms. The first-order chi connectivity index (χ1) is 11.1. The van der Waals surface area contributed by atoms with Crippen LogP contribution in [0.2, 0.25) is 0 Å². The number of rotatable bonds is 4. The normalized spacial score (nSPS) is 10.5. The summed E-state index contributed by atoms with van der Waals surface area (Å²) in [6.45, 7) is 1.93. The number of methoxy groups -OCH3 is 1. The lowest BCUT2D eigenvalue weighted by atomic mass is 10.1. The summed E-state index contributed by atoms with van der Waals surface area (Å²) in [6, 6.07) is 9.06. The van der Waals surface area contributed by atoms with Gasteiger partial charge < -0.3 is 9.84 Å². The summed E-state index contributed by atoms with van der Waals surface area (Å²) in [6.07, 6.45) is 3.19. The summed E-state index contributed by atoms with van der Waals surface area (Å²) in [4.78, 5) is 15.5. The molecule has 0 atom stereocenters. The van der Waals surface area contributed by atoms with Crippen LogP contribution in [0.3, 0.4) is 0 Å². The molecule has 0 radical (unpaired) electrons. The van der Waals surface area contributed by atoms with Crippen LogP contribution in [0, 0.1) is 6.92 Å². The summed E-state index contributed by atoms with van der Waals surface area (Å²) in [5.74, 6) is -0.579. The van der Waals surface area contributed by atoms with Gasteiger partial charge in [-0.15, -0.1) is 5.10 Å². The highest BCUT2D eigenvalue weighted by Crippen LogP contribution is 2.30. The molecule has 116 valence electrons. The zero-order valence-electron chi connectivity index (χ0n) is 12.6. The molecule has 7 nitrogen and oxygen atoms in total. The highest BCUT2D eigenvalue weighted by molar-refractivity contribution is 5.93. The van der Waals surface area contributed by atoms with E-state index in [1.807, 2.05) is 19.1 Å². The van der Waals surface area contributed by atoms with Crippen LogP contribution in [0.15, 0.2) is 42.7 Å². The first-order valence-corrected chi connectivity index (χ1v) is 6.86. The number of hydrogen-bond acceptors (Lipinski definition) is 5. The van der Waals surface area contributed by atoms with Gasteiger partial charge in [0.05, 0.1) is 7.11 Å². The summed E-state index contributed by atoms with van der Waals surface area (Å²) < 4.78 is 6.83.